The molecule has 2 aliphatic carbocycles. The van der Waals surface area contributed by atoms with Crippen molar-refractivity contribution >= 4 is 54.7 Å². The van der Waals surface area contributed by atoms with Gasteiger partial charge in [0.25, 0.3) is 0 Å². The molecule has 2 aromatic rings. The van der Waals surface area contributed by atoms with Crippen molar-refractivity contribution in [2.24, 2.45) is 0 Å². The van der Waals surface area contributed by atoms with Crippen molar-refractivity contribution in [3.05, 3.63) is 75.3 Å². The third-order valence-electron chi connectivity index (χ3n) is 10.9. The van der Waals surface area contributed by atoms with Crippen molar-refractivity contribution in [3.8, 4) is 0 Å². The molecule has 0 N–H and O–H groups in total. The smallest absolute Gasteiger partial charge is 0.405 e. The zero-order valence-corrected chi connectivity index (χ0v) is 31.3. The van der Waals surface area contributed by atoms with Crippen molar-refractivity contribution in [2.75, 3.05) is 0 Å². The van der Waals surface area contributed by atoms with Gasteiger partial charge < -0.3 is 27.9 Å². The molecule has 2 aromatic carbocycles. The van der Waals surface area contributed by atoms with E-state index < -0.39 is 14.0 Å². The van der Waals surface area contributed by atoms with Gasteiger partial charge in [-0.3, -0.25) is 0 Å². The molecule has 6 nitrogen and oxygen atoms in total. The van der Waals surface area contributed by atoms with Crippen molar-refractivity contribution in [2.45, 2.75) is 130 Å². The molecule has 7 rings (SSSR count). The number of allylic oxidation sites excluding steroid dienone is 2. The minimum Gasteiger partial charge on any atom is -0.405 e. The summed E-state index contributed by atoms with van der Waals surface area (Å²) in [6.45, 7) is 24.6. The minimum absolute atomic E-state index is 0.257. The van der Waals surface area contributed by atoms with E-state index in [1.807, 2.05) is 55.4 Å². The summed E-state index contributed by atoms with van der Waals surface area (Å²) in [6.07, 6.45) is 10.8. The number of rotatable bonds is 2. The zero-order valence-electron chi connectivity index (χ0n) is 29.7. The fourth-order valence-corrected chi connectivity index (χ4v) is 6.28. The fraction of sp³-hybridized carbons (Fsp3) is 0.556. The van der Waals surface area contributed by atoms with Crippen LogP contribution in [0.15, 0.2) is 53.0 Å². The molecule has 3 saturated heterocycles. The summed E-state index contributed by atoms with van der Waals surface area (Å²) in [6, 6.07) is 12.7. The Labute approximate surface area is 286 Å². The first-order valence-electron chi connectivity index (χ1n) is 16.5. The topological polar surface area (TPSA) is 55.4 Å². The number of halogens is 1. The highest BCUT2D eigenvalue weighted by Crippen LogP contribution is 2.43. The first-order valence-corrected chi connectivity index (χ1v) is 17.2. The highest BCUT2D eigenvalue weighted by molar-refractivity contribution is 9.10. The van der Waals surface area contributed by atoms with Crippen LogP contribution in [0.5, 0.6) is 0 Å². The van der Waals surface area contributed by atoms with Crippen molar-refractivity contribution in [1.29, 1.82) is 0 Å². The Hall–Kier alpha value is -1.65. The van der Waals surface area contributed by atoms with Crippen LogP contribution in [0.25, 0.3) is 12.2 Å². The van der Waals surface area contributed by atoms with E-state index in [0.29, 0.717) is 0 Å². The molecule has 0 amide bonds. The van der Waals surface area contributed by atoms with E-state index >= 15 is 0 Å². The molecule has 10 heteroatoms. The molecule has 3 aliphatic heterocycles. The lowest BCUT2D eigenvalue weighted by Gasteiger charge is -2.32. The Balaban J connectivity index is 0.000000142. The fourth-order valence-electron chi connectivity index (χ4n) is 5.74. The molecular weight excluding hydrogens is 641 g/mol. The Morgan fingerprint density at radius 2 is 0.870 bits per heavy atom. The van der Waals surface area contributed by atoms with Crippen molar-refractivity contribution in [3.63, 3.8) is 0 Å². The van der Waals surface area contributed by atoms with Crippen molar-refractivity contribution in [1.82, 2.24) is 0 Å². The molecule has 0 radical (unpaired) electrons. The van der Waals surface area contributed by atoms with Crippen molar-refractivity contribution < 1.29 is 27.9 Å². The second-order valence-electron chi connectivity index (χ2n) is 15.8. The van der Waals surface area contributed by atoms with Crippen LogP contribution in [0.3, 0.4) is 0 Å². The van der Waals surface area contributed by atoms with Gasteiger partial charge in [-0.05, 0) is 130 Å². The second kappa shape index (κ2) is 12.4. The molecule has 5 aliphatic rings. The average Bonchev–Trinajstić information content (AvgIpc) is 3.72. The van der Waals surface area contributed by atoms with Gasteiger partial charge in [0, 0.05) is 4.47 Å². The summed E-state index contributed by atoms with van der Waals surface area (Å²) >= 11 is 3.50. The Bertz CT molecular complexity index is 1430. The van der Waals surface area contributed by atoms with E-state index in [1.165, 1.54) is 26.7 Å². The molecule has 3 heterocycles. The van der Waals surface area contributed by atoms with Crippen LogP contribution in [0.1, 0.15) is 105 Å². The van der Waals surface area contributed by atoms with Crippen LogP contribution < -0.4 is 5.46 Å². The molecule has 0 aromatic heterocycles. The summed E-state index contributed by atoms with van der Waals surface area (Å²) < 4.78 is 37.3. The summed E-state index contributed by atoms with van der Waals surface area (Å²) in [7, 11) is -1.21. The van der Waals surface area contributed by atoms with Gasteiger partial charge in [-0.1, -0.05) is 70.6 Å². The van der Waals surface area contributed by atoms with Crippen LogP contribution in [-0.4, -0.2) is 54.7 Å². The third kappa shape index (κ3) is 6.78. The Morgan fingerprint density at radius 3 is 1.30 bits per heavy atom. The monoisotopic (exact) mass is 690 g/mol. The maximum absolute atomic E-state index is 6.12. The van der Waals surface area contributed by atoms with Gasteiger partial charge in [0.1, 0.15) is 0 Å². The lowest BCUT2D eigenvalue weighted by atomic mass is 9.49. The van der Waals surface area contributed by atoms with Gasteiger partial charge in [0.2, 0.25) is 0 Å². The van der Waals surface area contributed by atoms with E-state index in [4.69, 9.17) is 27.9 Å². The first kappa shape index (κ1) is 35.7. The van der Waals surface area contributed by atoms with Gasteiger partial charge >= 0.3 is 21.1 Å². The van der Waals surface area contributed by atoms with Crippen LogP contribution in [0, 0.1) is 0 Å². The van der Waals surface area contributed by atoms with Gasteiger partial charge in [0.05, 0.1) is 33.6 Å². The molecule has 0 unspecified atom stereocenters. The van der Waals surface area contributed by atoms with E-state index in [9.17, 15) is 0 Å². The maximum atomic E-state index is 6.12. The number of hydrogen-bond donors (Lipinski definition) is 0. The minimum atomic E-state index is -0.476. The van der Waals surface area contributed by atoms with Crippen LogP contribution >= 0.6 is 15.9 Å². The van der Waals surface area contributed by atoms with E-state index in [0.717, 1.165) is 18.3 Å². The van der Waals surface area contributed by atoms with Gasteiger partial charge in [-0.2, -0.15) is 0 Å². The van der Waals surface area contributed by atoms with Crippen LogP contribution in [0.4, 0.5) is 0 Å². The summed E-state index contributed by atoms with van der Waals surface area (Å²) in [5.74, 6) is 0. The quantitative estimate of drug-likeness (QED) is 0.300. The van der Waals surface area contributed by atoms with Gasteiger partial charge in [-0.25, -0.2) is 0 Å². The highest BCUT2D eigenvalue weighted by Gasteiger charge is 2.63. The maximum Gasteiger partial charge on any atom is 0.495 e. The molecule has 3 fully saturated rings. The standard InChI is InChI=1S/C15H19BO2.C12H24B2O4.C9H7Br/c1-14(2)15(3,4)18-16(17-14)13-10-6-8-11-7-5-9-12(11)13;1-9(2)10(3,4)16-13(15-9)14-17-11(5,6)12(7,8)18-14;10-9-6-2-4-7-3-1-5-8(7)9/h5-6,8-10H,7H2,1-4H3;1-8H3;1-2,4-6H,3H2. The molecule has 0 atom stereocenters. The number of hydrogen-bond acceptors (Lipinski definition) is 6. The second-order valence-corrected chi connectivity index (χ2v) is 16.6. The molecular formula is C36H50B3BrO6. The molecule has 246 valence electrons. The van der Waals surface area contributed by atoms with Gasteiger partial charge in [0.15, 0.2) is 0 Å². The first-order chi connectivity index (χ1) is 21.2. The van der Waals surface area contributed by atoms with E-state index in [1.54, 1.807) is 0 Å². The number of benzene rings is 2. The van der Waals surface area contributed by atoms with Gasteiger partial charge in [-0.15, -0.1) is 0 Å². The summed E-state index contributed by atoms with van der Waals surface area (Å²) in [4.78, 5) is 0. The van der Waals surface area contributed by atoms with Crippen LogP contribution in [0.2, 0.25) is 0 Å². The SMILES string of the molecule is Brc1cccc2c1C=CC2.CC1(C)OB(B2OC(C)(C)C(C)(C)O2)OC1(C)C.CC1(C)OB(c2cccc3c2C=CC3)OC1(C)C. The molecule has 0 saturated carbocycles. The predicted molar refractivity (Wildman–Crippen MR) is 194 cm³/mol. The lowest BCUT2D eigenvalue weighted by Crippen LogP contribution is -2.41. The van der Waals surface area contributed by atoms with Crippen LogP contribution in [-0.2, 0) is 40.8 Å². The zero-order chi connectivity index (χ0) is 33.9. The molecule has 0 bridgehead atoms. The Kier molecular flexibility index (Phi) is 9.57. The third-order valence-corrected chi connectivity index (χ3v) is 11.6. The average molecular weight is 691 g/mol. The predicted octanol–water partition coefficient (Wildman–Crippen LogP) is 7.82. The van der Waals surface area contributed by atoms with E-state index in [-0.39, 0.29) is 40.7 Å². The number of fused-ring (bicyclic) bond motifs is 2. The largest absolute Gasteiger partial charge is 0.495 e. The molecule has 0 spiro atoms. The normalized spacial score (nSPS) is 24.7. The Morgan fingerprint density at radius 1 is 0.500 bits per heavy atom. The lowest BCUT2D eigenvalue weighted by molar-refractivity contribution is 0.00578. The summed E-state index contributed by atoms with van der Waals surface area (Å²) in [5.41, 5.74) is 4.58. The summed E-state index contributed by atoms with van der Waals surface area (Å²) in [5, 5.41) is 0. The molecule has 46 heavy (non-hydrogen) atoms. The van der Waals surface area contributed by atoms with E-state index in [2.05, 4.69) is 104 Å². The highest BCUT2D eigenvalue weighted by atomic mass is 79.9.